The summed E-state index contributed by atoms with van der Waals surface area (Å²) in [5.41, 5.74) is 2.68. The highest BCUT2D eigenvalue weighted by molar-refractivity contribution is 6.00. The molecule has 0 atom stereocenters. The first kappa shape index (κ1) is 18.1. The third kappa shape index (κ3) is 4.66. The minimum Gasteiger partial charge on any atom is -0.326 e. The molecule has 138 valence electrons. The molecule has 3 aromatic rings. The summed E-state index contributed by atoms with van der Waals surface area (Å²) in [6.45, 7) is 1.78. The number of amides is 3. The molecule has 27 heavy (non-hydrogen) atoms. The molecule has 3 rings (SSSR count). The predicted molar refractivity (Wildman–Crippen MR) is 102 cm³/mol. The molecule has 1 aromatic heterocycles. The van der Waals surface area contributed by atoms with Crippen LogP contribution in [0.15, 0.2) is 48.5 Å². The molecular formula is C18H19N7O2. The van der Waals surface area contributed by atoms with Crippen molar-refractivity contribution in [2.45, 2.75) is 13.3 Å². The summed E-state index contributed by atoms with van der Waals surface area (Å²) in [6, 6.07) is 13.7. The van der Waals surface area contributed by atoms with Crippen molar-refractivity contribution in [3.63, 3.8) is 0 Å². The molecule has 1 heterocycles. The van der Waals surface area contributed by atoms with Gasteiger partial charge in [0.25, 0.3) is 0 Å². The molecule has 3 N–H and O–H groups in total. The van der Waals surface area contributed by atoms with Crippen molar-refractivity contribution in [2.24, 2.45) is 7.05 Å². The Morgan fingerprint density at radius 3 is 2.26 bits per heavy atom. The van der Waals surface area contributed by atoms with Gasteiger partial charge in [0.05, 0.1) is 0 Å². The van der Waals surface area contributed by atoms with E-state index in [4.69, 9.17) is 0 Å². The summed E-state index contributed by atoms with van der Waals surface area (Å²) >= 11 is 0. The highest BCUT2D eigenvalue weighted by Gasteiger charge is 2.08. The molecule has 9 nitrogen and oxygen atoms in total. The number of carbonyl (C=O) groups excluding carboxylic acids is 2. The van der Waals surface area contributed by atoms with Gasteiger partial charge in [0, 0.05) is 36.1 Å². The molecule has 3 amide bonds. The molecule has 0 aliphatic heterocycles. The van der Waals surface area contributed by atoms with E-state index in [1.165, 1.54) is 0 Å². The summed E-state index contributed by atoms with van der Waals surface area (Å²) in [5.74, 6) is 0.537. The Morgan fingerprint density at radius 2 is 1.63 bits per heavy atom. The Labute approximate surface area is 155 Å². The zero-order chi connectivity index (χ0) is 19.2. The molecule has 0 aliphatic rings. The summed E-state index contributed by atoms with van der Waals surface area (Å²) in [7, 11) is 1.74. The lowest BCUT2D eigenvalue weighted by Gasteiger charge is -2.10. The van der Waals surface area contributed by atoms with Crippen molar-refractivity contribution in [3.05, 3.63) is 48.5 Å². The molecule has 0 unspecified atom stereocenters. The largest absolute Gasteiger partial charge is 0.326 e. The Kier molecular flexibility index (Phi) is 5.41. The maximum absolute atomic E-state index is 12.2. The number of aromatic nitrogens is 4. The Hall–Kier alpha value is -3.75. The number of benzene rings is 2. The predicted octanol–water partition coefficient (Wildman–Crippen LogP) is 2.87. The van der Waals surface area contributed by atoms with E-state index in [1.54, 1.807) is 55.1 Å². The van der Waals surface area contributed by atoms with Gasteiger partial charge in [0.1, 0.15) is 0 Å². The lowest BCUT2D eigenvalue weighted by atomic mass is 10.2. The summed E-state index contributed by atoms with van der Waals surface area (Å²) < 4.78 is 1.55. The second-order valence-electron chi connectivity index (χ2n) is 5.77. The molecule has 0 radical (unpaired) electrons. The summed E-state index contributed by atoms with van der Waals surface area (Å²) in [5, 5.41) is 19.6. The van der Waals surface area contributed by atoms with Crippen molar-refractivity contribution in [2.75, 3.05) is 16.0 Å². The maximum atomic E-state index is 12.2. The van der Waals surface area contributed by atoms with Gasteiger partial charge >= 0.3 is 6.03 Å². The van der Waals surface area contributed by atoms with Crippen molar-refractivity contribution in [3.8, 4) is 11.4 Å². The summed E-state index contributed by atoms with van der Waals surface area (Å²) in [4.78, 5) is 23.6. The number of urea groups is 1. The molecule has 9 heteroatoms. The van der Waals surface area contributed by atoms with Crippen LogP contribution in [-0.4, -0.2) is 32.1 Å². The zero-order valence-corrected chi connectivity index (χ0v) is 14.9. The topological polar surface area (TPSA) is 114 Å². The van der Waals surface area contributed by atoms with Crippen molar-refractivity contribution >= 4 is 29.0 Å². The second kappa shape index (κ2) is 8.09. The number of nitrogens with one attached hydrogen (secondary N) is 3. The molecule has 2 aromatic carbocycles. The summed E-state index contributed by atoms with van der Waals surface area (Å²) in [6.07, 6.45) is 0.409. The molecule has 0 saturated carbocycles. The van der Waals surface area contributed by atoms with Crippen LogP contribution in [0, 0.1) is 0 Å². The zero-order valence-electron chi connectivity index (χ0n) is 14.9. The quantitative estimate of drug-likeness (QED) is 0.643. The van der Waals surface area contributed by atoms with Gasteiger partial charge in [0.15, 0.2) is 5.82 Å². The van der Waals surface area contributed by atoms with Crippen molar-refractivity contribution in [1.82, 2.24) is 20.2 Å². The van der Waals surface area contributed by atoms with Gasteiger partial charge in [0.2, 0.25) is 5.91 Å². The number of nitrogens with zero attached hydrogens (tertiary/aromatic N) is 4. The number of hydrogen-bond donors (Lipinski definition) is 3. The molecular weight excluding hydrogens is 346 g/mol. The minimum atomic E-state index is -0.381. The van der Waals surface area contributed by atoms with E-state index in [9.17, 15) is 9.59 Å². The normalized spacial score (nSPS) is 10.3. The van der Waals surface area contributed by atoms with Crippen LogP contribution in [0.3, 0.4) is 0 Å². The lowest BCUT2D eigenvalue weighted by Crippen LogP contribution is -2.19. The standard InChI is InChI=1S/C18H19N7O2/c1-3-16(26)19-13-7-9-14(10-8-13)20-18(27)21-15-6-4-5-12(11-15)17-22-23-24-25(17)2/h4-11H,3H2,1-2H3,(H,19,26)(H2,20,21,27). The number of anilines is 3. The average molecular weight is 365 g/mol. The number of carbonyl (C=O) groups is 2. The molecule has 0 spiro atoms. The molecule has 0 saturated heterocycles. The third-order valence-electron chi connectivity index (χ3n) is 3.75. The van der Waals surface area contributed by atoms with Gasteiger partial charge in [-0.3, -0.25) is 4.79 Å². The highest BCUT2D eigenvalue weighted by Crippen LogP contribution is 2.20. The first-order chi connectivity index (χ1) is 13.0. The average Bonchev–Trinajstić information content (AvgIpc) is 3.09. The van der Waals surface area contributed by atoms with Crippen LogP contribution in [0.4, 0.5) is 21.9 Å². The third-order valence-corrected chi connectivity index (χ3v) is 3.75. The van der Waals surface area contributed by atoms with Gasteiger partial charge in [-0.05, 0) is 46.8 Å². The van der Waals surface area contributed by atoms with Crippen LogP contribution in [0.1, 0.15) is 13.3 Å². The fraction of sp³-hybridized carbons (Fsp3) is 0.167. The Bertz CT molecular complexity index is 950. The smallest absolute Gasteiger partial charge is 0.323 e. The fourth-order valence-corrected chi connectivity index (χ4v) is 2.39. The number of hydrogen-bond acceptors (Lipinski definition) is 5. The van der Waals surface area contributed by atoms with Gasteiger partial charge in [-0.25, -0.2) is 9.48 Å². The highest BCUT2D eigenvalue weighted by atomic mass is 16.2. The van der Waals surface area contributed by atoms with Gasteiger partial charge in [-0.2, -0.15) is 0 Å². The number of rotatable bonds is 5. The van der Waals surface area contributed by atoms with E-state index in [1.807, 2.05) is 12.1 Å². The van der Waals surface area contributed by atoms with Crippen molar-refractivity contribution in [1.29, 1.82) is 0 Å². The van der Waals surface area contributed by atoms with Gasteiger partial charge in [-0.15, -0.1) is 5.10 Å². The molecule has 0 aliphatic carbocycles. The number of tetrazole rings is 1. The van der Waals surface area contributed by atoms with E-state index in [2.05, 4.69) is 31.5 Å². The first-order valence-corrected chi connectivity index (χ1v) is 8.36. The van der Waals surface area contributed by atoms with E-state index in [0.29, 0.717) is 29.3 Å². The van der Waals surface area contributed by atoms with Crippen LogP contribution in [0.2, 0.25) is 0 Å². The number of aryl methyl sites for hydroxylation is 1. The SMILES string of the molecule is CCC(=O)Nc1ccc(NC(=O)Nc2cccc(-c3nnnn3C)c2)cc1. The van der Waals surface area contributed by atoms with E-state index in [0.717, 1.165) is 5.56 Å². The van der Waals surface area contributed by atoms with Gasteiger partial charge < -0.3 is 16.0 Å². The first-order valence-electron chi connectivity index (χ1n) is 8.36. The van der Waals surface area contributed by atoms with E-state index < -0.39 is 0 Å². The van der Waals surface area contributed by atoms with E-state index >= 15 is 0 Å². The van der Waals surface area contributed by atoms with Crippen LogP contribution in [0.5, 0.6) is 0 Å². The van der Waals surface area contributed by atoms with Crippen LogP contribution in [0.25, 0.3) is 11.4 Å². The Balaban J connectivity index is 1.63. The van der Waals surface area contributed by atoms with Crippen LogP contribution in [-0.2, 0) is 11.8 Å². The monoisotopic (exact) mass is 365 g/mol. The van der Waals surface area contributed by atoms with Crippen molar-refractivity contribution < 1.29 is 9.59 Å². The molecule has 0 fully saturated rings. The van der Waals surface area contributed by atoms with E-state index in [-0.39, 0.29) is 11.9 Å². The van der Waals surface area contributed by atoms with Gasteiger partial charge in [-0.1, -0.05) is 19.1 Å². The maximum Gasteiger partial charge on any atom is 0.323 e. The Morgan fingerprint density at radius 1 is 0.963 bits per heavy atom. The molecule has 0 bridgehead atoms. The lowest BCUT2D eigenvalue weighted by molar-refractivity contribution is -0.115. The fourth-order valence-electron chi connectivity index (χ4n) is 2.39. The van der Waals surface area contributed by atoms with Crippen LogP contribution >= 0.6 is 0 Å². The second-order valence-corrected chi connectivity index (χ2v) is 5.77. The minimum absolute atomic E-state index is 0.0635. The van der Waals surface area contributed by atoms with Crippen LogP contribution < -0.4 is 16.0 Å².